The number of H-pyrrole nitrogens is 1. The molecule has 3 heterocycles. The van der Waals surface area contributed by atoms with Crippen LogP contribution in [0.3, 0.4) is 0 Å². The van der Waals surface area contributed by atoms with Crippen molar-refractivity contribution in [1.82, 2.24) is 14.9 Å². The smallest absolute Gasteiger partial charge is 0.161 e. The van der Waals surface area contributed by atoms with Crippen molar-refractivity contribution < 1.29 is 9.47 Å². The van der Waals surface area contributed by atoms with E-state index in [9.17, 15) is 0 Å². The predicted molar refractivity (Wildman–Crippen MR) is 119 cm³/mol. The highest BCUT2D eigenvalue weighted by molar-refractivity contribution is 5.93. The summed E-state index contributed by atoms with van der Waals surface area (Å²) < 4.78 is 10.8. The number of pyridine rings is 1. The van der Waals surface area contributed by atoms with E-state index in [1.54, 1.807) is 14.2 Å². The first-order valence-electron chi connectivity index (χ1n) is 10.2. The number of benzene rings is 1. The SMILES string of the molecule is COc1ccc(-c2cnc3[nH]cc(C4=CCN(CC(C)C)CC4)c3c2)cc1OC. The van der Waals surface area contributed by atoms with Crippen molar-refractivity contribution in [3.63, 3.8) is 0 Å². The average molecular weight is 392 g/mol. The fraction of sp³-hybridized carbons (Fsp3) is 0.375. The Hall–Kier alpha value is -2.79. The monoisotopic (exact) mass is 391 g/mol. The molecule has 0 bridgehead atoms. The molecule has 5 nitrogen and oxygen atoms in total. The van der Waals surface area contributed by atoms with E-state index in [1.165, 1.54) is 16.5 Å². The zero-order chi connectivity index (χ0) is 20.4. The summed E-state index contributed by atoms with van der Waals surface area (Å²) in [4.78, 5) is 10.5. The number of aromatic amines is 1. The Morgan fingerprint density at radius 3 is 2.62 bits per heavy atom. The summed E-state index contributed by atoms with van der Waals surface area (Å²) in [7, 11) is 3.31. The lowest BCUT2D eigenvalue weighted by Gasteiger charge is -2.27. The number of methoxy groups -OCH3 is 2. The van der Waals surface area contributed by atoms with E-state index in [1.807, 2.05) is 24.4 Å². The van der Waals surface area contributed by atoms with Crippen LogP contribution in [0.5, 0.6) is 11.5 Å². The highest BCUT2D eigenvalue weighted by Gasteiger charge is 2.17. The Balaban J connectivity index is 1.66. The summed E-state index contributed by atoms with van der Waals surface area (Å²) in [5, 5.41) is 1.17. The molecule has 2 aromatic heterocycles. The van der Waals surface area contributed by atoms with Crippen LogP contribution >= 0.6 is 0 Å². The van der Waals surface area contributed by atoms with Crippen molar-refractivity contribution >= 4 is 16.6 Å². The lowest BCUT2D eigenvalue weighted by atomic mass is 9.97. The van der Waals surface area contributed by atoms with Gasteiger partial charge < -0.3 is 14.5 Å². The number of aromatic nitrogens is 2. The Kier molecular flexibility index (Phi) is 5.58. The molecule has 3 aromatic rings. The lowest BCUT2D eigenvalue weighted by Crippen LogP contribution is -2.31. The number of nitrogens with one attached hydrogen (secondary N) is 1. The summed E-state index contributed by atoms with van der Waals surface area (Å²) >= 11 is 0. The van der Waals surface area contributed by atoms with Crippen LogP contribution in [0, 0.1) is 5.92 Å². The zero-order valence-corrected chi connectivity index (χ0v) is 17.7. The van der Waals surface area contributed by atoms with Gasteiger partial charge in [0.25, 0.3) is 0 Å². The molecule has 5 heteroatoms. The van der Waals surface area contributed by atoms with E-state index in [0.717, 1.165) is 54.3 Å². The molecule has 0 fully saturated rings. The third kappa shape index (κ3) is 4.01. The maximum absolute atomic E-state index is 5.46. The van der Waals surface area contributed by atoms with Crippen LogP contribution in [0.25, 0.3) is 27.7 Å². The summed E-state index contributed by atoms with van der Waals surface area (Å²) in [5.41, 5.74) is 5.72. The van der Waals surface area contributed by atoms with Gasteiger partial charge in [0.15, 0.2) is 11.5 Å². The normalized spacial score (nSPS) is 15.0. The van der Waals surface area contributed by atoms with E-state index in [0.29, 0.717) is 5.92 Å². The molecular weight excluding hydrogens is 362 g/mol. The van der Waals surface area contributed by atoms with Crippen LogP contribution in [-0.4, -0.2) is 48.7 Å². The van der Waals surface area contributed by atoms with Gasteiger partial charge in [-0.25, -0.2) is 4.98 Å². The summed E-state index contributed by atoms with van der Waals surface area (Å²) in [6.45, 7) is 7.84. The molecule has 1 aliphatic heterocycles. The highest BCUT2D eigenvalue weighted by atomic mass is 16.5. The third-order valence-electron chi connectivity index (χ3n) is 5.51. The van der Waals surface area contributed by atoms with Crippen molar-refractivity contribution in [1.29, 1.82) is 0 Å². The van der Waals surface area contributed by atoms with E-state index < -0.39 is 0 Å². The van der Waals surface area contributed by atoms with Crippen molar-refractivity contribution in [3.8, 4) is 22.6 Å². The van der Waals surface area contributed by atoms with E-state index >= 15 is 0 Å². The molecule has 1 N–H and O–H groups in total. The summed E-state index contributed by atoms with van der Waals surface area (Å²) in [5.74, 6) is 2.15. The first-order valence-corrected chi connectivity index (χ1v) is 10.2. The Bertz CT molecular complexity index is 1040. The molecule has 0 amide bonds. The van der Waals surface area contributed by atoms with Gasteiger partial charge in [-0.3, -0.25) is 4.90 Å². The maximum atomic E-state index is 5.46. The van der Waals surface area contributed by atoms with Crippen LogP contribution in [0.1, 0.15) is 25.8 Å². The lowest BCUT2D eigenvalue weighted by molar-refractivity contribution is 0.268. The molecule has 0 unspecified atom stereocenters. The molecular formula is C24H29N3O2. The largest absolute Gasteiger partial charge is 0.493 e. The Morgan fingerprint density at radius 2 is 1.93 bits per heavy atom. The molecule has 29 heavy (non-hydrogen) atoms. The van der Waals surface area contributed by atoms with Crippen molar-refractivity contribution in [2.45, 2.75) is 20.3 Å². The second kappa shape index (κ2) is 8.29. The fourth-order valence-electron chi connectivity index (χ4n) is 4.08. The Labute approximate surface area is 172 Å². The quantitative estimate of drug-likeness (QED) is 0.643. The fourth-order valence-corrected chi connectivity index (χ4v) is 4.08. The van der Waals surface area contributed by atoms with Gasteiger partial charge in [-0.2, -0.15) is 0 Å². The van der Waals surface area contributed by atoms with Crippen molar-refractivity contribution in [2.24, 2.45) is 5.92 Å². The van der Waals surface area contributed by atoms with Crippen LogP contribution in [0.4, 0.5) is 0 Å². The highest BCUT2D eigenvalue weighted by Crippen LogP contribution is 2.35. The molecule has 0 saturated carbocycles. The first-order chi connectivity index (χ1) is 14.1. The number of hydrogen-bond acceptors (Lipinski definition) is 4. The topological polar surface area (TPSA) is 50.4 Å². The minimum atomic E-state index is 0.700. The minimum Gasteiger partial charge on any atom is -0.493 e. The number of rotatable bonds is 6. The van der Waals surface area contributed by atoms with Gasteiger partial charge in [-0.1, -0.05) is 26.0 Å². The van der Waals surface area contributed by atoms with Gasteiger partial charge in [0, 0.05) is 48.5 Å². The number of fused-ring (bicyclic) bond motifs is 1. The average Bonchev–Trinajstić information content (AvgIpc) is 3.16. The van der Waals surface area contributed by atoms with E-state index in [2.05, 4.69) is 47.1 Å². The second-order valence-corrected chi connectivity index (χ2v) is 8.03. The maximum Gasteiger partial charge on any atom is 0.161 e. The zero-order valence-electron chi connectivity index (χ0n) is 17.7. The summed E-state index contributed by atoms with van der Waals surface area (Å²) in [6.07, 6.45) is 7.45. The van der Waals surface area contributed by atoms with Gasteiger partial charge >= 0.3 is 0 Å². The van der Waals surface area contributed by atoms with Gasteiger partial charge in [0.05, 0.1) is 14.2 Å². The van der Waals surface area contributed by atoms with Gasteiger partial charge in [0.2, 0.25) is 0 Å². The molecule has 0 atom stereocenters. The third-order valence-corrected chi connectivity index (χ3v) is 5.51. The number of hydrogen-bond donors (Lipinski definition) is 1. The number of ether oxygens (including phenoxy) is 2. The van der Waals surface area contributed by atoms with E-state index in [-0.39, 0.29) is 0 Å². The van der Waals surface area contributed by atoms with E-state index in [4.69, 9.17) is 9.47 Å². The van der Waals surface area contributed by atoms with Crippen LogP contribution in [0.2, 0.25) is 0 Å². The molecule has 4 rings (SSSR count). The molecule has 0 radical (unpaired) electrons. The van der Waals surface area contributed by atoms with Gasteiger partial charge in [-0.15, -0.1) is 0 Å². The predicted octanol–water partition coefficient (Wildman–Crippen LogP) is 4.99. The second-order valence-electron chi connectivity index (χ2n) is 8.03. The standard InChI is InChI=1S/C24H29N3O2/c1-16(2)15-27-9-7-17(8-10-27)21-14-26-24-20(21)11-19(13-25-24)18-5-6-22(28-3)23(12-18)29-4/h5-7,11-14,16H,8-10,15H2,1-4H3,(H,25,26). The van der Waals surface area contributed by atoms with Crippen LogP contribution in [0.15, 0.2) is 42.7 Å². The molecule has 0 aliphatic carbocycles. The van der Waals surface area contributed by atoms with Gasteiger partial charge in [-0.05, 0) is 41.7 Å². The number of nitrogens with zero attached hydrogens (tertiary/aromatic N) is 2. The molecule has 0 spiro atoms. The van der Waals surface area contributed by atoms with Gasteiger partial charge in [0.1, 0.15) is 5.65 Å². The van der Waals surface area contributed by atoms with Crippen molar-refractivity contribution in [2.75, 3.05) is 33.9 Å². The molecule has 1 aliphatic rings. The van der Waals surface area contributed by atoms with Crippen LogP contribution < -0.4 is 9.47 Å². The summed E-state index contributed by atoms with van der Waals surface area (Å²) in [6, 6.07) is 8.19. The van der Waals surface area contributed by atoms with Crippen LogP contribution in [-0.2, 0) is 0 Å². The molecule has 0 saturated heterocycles. The van der Waals surface area contributed by atoms with Crippen molar-refractivity contribution in [3.05, 3.63) is 48.3 Å². The Morgan fingerprint density at radius 1 is 1.10 bits per heavy atom. The molecule has 152 valence electrons. The first kappa shape index (κ1) is 19.5. The molecule has 1 aromatic carbocycles. The minimum absolute atomic E-state index is 0.700.